The summed E-state index contributed by atoms with van der Waals surface area (Å²) < 4.78 is 13.2. The predicted molar refractivity (Wildman–Crippen MR) is 71.2 cm³/mol. The van der Waals surface area contributed by atoms with Crippen LogP contribution < -0.4 is 11.1 Å². The summed E-state index contributed by atoms with van der Waals surface area (Å²) in [5, 5.41) is 2.61. The lowest BCUT2D eigenvalue weighted by molar-refractivity contribution is 0.102. The van der Waals surface area contributed by atoms with E-state index in [9.17, 15) is 9.18 Å². The summed E-state index contributed by atoms with van der Waals surface area (Å²) in [6, 6.07) is 7.61. The maximum Gasteiger partial charge on any atom is 0.256 e. The number of hydrogen-bond acceptors (Lipinski definition) is 3. The summed E-state index contributed by atoms with van der Waals surface area (Å²) in [7, 11) is 0. The Kier molecular flexibility index (Phi) is 3.87. The minimum Gasteiger partial charge on any atom is -0.326 e. The normalized spacial score (nSPS) is 10.3. The third kappa shape index (κ3) is 3.35. The molecule has 1 amide bonds. The number of rotatable bonds is 3. The highest BCUT2D eigenvalue weighted by Crippen LogP contribution is 2.11. The summed E-state index contributed by atoms with van der Waals surface area (Å²) in [5.41, 5.74) is 7.29. The Morgan fingerprint density at radius 1 is 1.37 bits per heavy atom. The number of benzene rings is 1. The summed E-state index contributed by atoms with van der Waals surface area (Å²) in [5.74, 6) is -0.420. The molecule has 0 unspecified atom stereocenters. The summed E-state index contributed by atoms with van der Waals surface area (Å²) in [4.78, 5) is 16.0. The highest BCUT2D eigenvalue weighted by molar-refractivity contribution is 6.03. The number of carbonyl (C=O) groups excluding carboxylic acids is 1. The highest BCUT2D eigenvalue weighted by atomic mass is 19.1. The van der Waals surface area contributed by atoms with Crippen LogP contribution in [0.4, 0.5) is 10.2 Å². The molecule has 0 atom stereocenters. The van der Waals surface area contributed by atoms with E-state index in [1.54, 1.807) is 31.3 Å². The van der Waals surface area contributed by atoms with Gasteiger partial charge in [-0.1, -0.05) is 6.07 Å². The number of nitrogens with zero attached hydrogens (tertiary/aromatic N) is 1. The van der Waals surface area contributed by atoms with Gasteiger partial charge in [0.15, 0.2) is 0 Å². The Labute approximate surface area is 110 Å². The van der Waals surface area contributed by atoms with Crippen molar-refractivity contribution in [3.05, 3.63) is 59.0 Å². The van der Waals surface area contributed by atoms with Crippen molar-refractivity contribution >= 4 is 11.7 Å². The number of nitrogens with two attached hydrogens (primary N) is 1. The molecule has 0 saturated carbocycles. The first kappa shape index (κ1) is 13.2. The van der Waals surface area contributed by atoms with Gasteiger partial charge in [0.2, 0.25) is 0 Å². The maximum absolute atomic E-state index is 13.2. The van der Waals surface area contributed by atoms with Crippen molar-refractivity contribution in [2.45, 2.75) is 13.5 Å². The first-order chi connectivity index (χ1) is 9.08. The summed E-state index contributed by atoms with van der Waals surface area (Å²) >= 11 is 0. The molecule has 4 nitrogen and oxygen atoms in total. The van der Waals surface area contributed by atoms with Gasteiger partial charge in [-0.25, -0.2) is 9.37 Å². The van der Waals surface area contributed by atoms with Crippen LogP contribution in [0.2, 0.25) is 0 Å². The van der Waals surface area contributed by atoms with E-state index in [1.165, 1.54) is 12.1 Å². The Bertz CT molecular complexity index is 576. The molecule has 98 valence electrons. The van der Waals surface area contributed by atoms with Crippen LogP contribution in [0.15, 0.2) is 36.5 Å². The van der Waals surface area contributed by atoms with Crippen LogP contribution in [0.25, 0.3) is 0 Å². The molecular formula is C14H14FN3O. The molecule has 1 aromatic heterocycles. The lowest BCUT2D eigenvalue weighted by Gasteiger charge is -2.06. The fraction of sp³-hybridized carbons (Fsp3) is 0.143. The van der Waals surface area contributed by atoms with Crippen LogP contribution in [-0.2, 0) is 6.54 Å². The number of aromatic nitrogens is 1. The van der Waals surface area contributed by atoms with Gasteiger partial charge in [-0.2, -0.15) is 0 Å². The largest absolute Gasteiger partial charge is 0.326 e. The second-order valence-electron chi connectivity index (χ2n) is 4.23. The maximum atomic E-state index is 13.2. The molecule has 0 aliphatic heterocycles. The van der Waals surface area contributed by atoms with Gasteiger partial charge >= 0.3 is 0 Å². The average Bonchev–Trinajstić information content (AvgIpc) is 2.38. The monoisotopic (exact) mass is 259 g/mol. The molecule has 1 heterocycles. The van der Waals surface area contributed by atoms with E-state index in [2.05, 4.69) is 10.3 Å². The topological polar surface area (TPSA) is 68.0 Å². The molecule has 2 rings (SSSR count). The second kappa shape index (κ2) is 5.58. The molecule has 0 saturated heterocycles. The minimum atomic E-state index is -0.434. The number of pyridine rings is 1. The van der Waals surface area contributed by atoms with Crippen LogP contribution in [0, 0.1) is 12.7 Å². The fourth-order valence-electron chi connectivity index (χ4n) is 1.68. The van der Waals surface area contributed by atoms with Crippen LogP contribution in [0.5, 0.6) is 0 Å². The van der Waals surface area contributed by atoms with E-state index in [-0.39, 0.29) is 5.56 Å². The molecule has 1 aromatic carbocycles. The average molecular weight is 259 g/mol. The molecule has 3 N–H and O–H groups in total. The van der Waals surface area contributed by atoms with Crippen molar-refractivity contribution in [1.82, 2.24) is 4.98 Å². The molecular weight excluding hydrogens is 245 g/mol. The number of amides is 1. The Morgan fingerprint density at radius 2 is 2.16 bits per heavy atom. The lowest BCUT2D eigenvalue weighted by Crippen LogP contribution is -2.13. The van der Waals surface area contributed by atoms with Gasteiger partial charge in [-0.3, -0.25) is 4.79 Å². The van der Waals surface area contributed by atoms with E-state index in [4.69, 9.17) is 5.73 Å². The van der Waals surface area contributed by atoms with Crippen molar-refractivity contribution < 1.29 is 9.18 Å². The van der Waals surface area contributed by atoms with E-state index >= 15 is 0 Å². The van der Waals surface area contributed by atoms with Gasteiger partial charge in [-0.15, -0.1) is 0 Å². The molecule has 0 fully saturated rings. The highest BCUT2D eigenvalue weighted by Gasteiger charge is 2.08. The van der Waals surface area contributed by atoms with E-state index in [0.29, 0.717) is 17.9 Å². The van der Waals surface area contributed by atoms with Crippen molar-refractivity contribution in [3.8, 4) is 0 Å². The number of carbonyl (C=O) groups is 1. The van der Waals surface area contributed by atoms with Crippen molar-refractivity contribution in [2.24, 2.45) is 5.73 Å². The number of halogens is 1. The number of aryl methyl sites for hydroxylation is 1. The second-order valence-corrected chi connectivity index (χ2v) is 4.23. The van der Waals surface area contributed by atoms with Crippen LogP contribution in [-0.4, -0.2) is 10.9 Å². The Morgan fingerprint density at radius 3 is 2.74 bits per heavy atom. The zero-order valence-electron chi connectivity index (χ0n) is 10.5. The lowest BCUT2D eigenvalue weighted by atomic mass is 10.1. The quantitative estimate of drug-likeness (QED) is 0.888. The number of nitrogens with one attached hydrogen (secondary N) is 1. The zero-order valence-corrected chi connectivity index (χ0v) is 10.5. The smallest absolute Gasteiger partial charge is 0.256 e. The molecule has 0 aliphatic carbocycles. The molecule has 19 heavy (non-hydrogen) atoms. The molecule has 0 spiro atoms. The fourth-order valence-corrected chi connectivity index (χ4v) is 1.68. The number of hydrogen-bond donors (Lipinski definition) is 2. The standard InChI is InChI=1S/C14H14FN3O/c1-9-4-11(6-12(15)5-9)14(19)18-13-3-2-10(7-16)8-17-13/h2-6,8H,7,16H2,1H3,(H,17,18,19). The van der Waals surface area contributed by atoms with Crippen molar-refractivity contribution in [1.29, 1.82) is 0 Å². The number of anilines is 1. The minimum absolute atomic E-state index is 0.266. The van der Waals surface area contributed by atoms with Crippen molar-refractivity contribution in [2.75, 3.05) is 5.32 Å². The van der Waals surface area contributed by atoms with Gasteiger partial charge in [0.1, 0.15) is 11.6 Å². The third-order valence-corrected chi connectivity index (χ3v) is 2.61. The van der Waals surface area contributed by atoms with Crippen LogP contribution in [0.3, 0.4) is 0 Å². The molecule has 5 heteroatoms. The molecule has 0 aliphatic rings. The van der Waals surface area contributed by atoms with E-state index in [1.807, 2.05) is 0 Å². The molecule has 2 aromatic rings. The Balaban J connectivity index is 2.15. The summed E-state index contributed by atoms with van der Waals surface area (Å²) in [6.07, 6.45) is 1.59. The zero-order chi connectivity index (χ0) is 13.8. The van der Waals surface area contributed by atoms with Gasteiger partial charge < -0.3 is 11.1 Å². The first-order valence-electron chi connectivity index (χ1n) is 5.82. The van der Waals surface area contributed by atoms with E-state index in [0.717, 1.165) is 5.56 Å². The van der Waals surface area contributed by atoms with Crippen LogP contribution in [0.1, 0.15) is 21.5 Å². The molecule has 0 radical (unpaired) electrons. The predicted octanol–water partition coefficient (Wildman–Crippen LogP) is 2.24. The third-order valence-electron chi connectivity index (χ3n) is 2.61. The van der Waals surface area contributed by atoms with Crippen molar-refractivity contribution in [3.63, 3.8) is 0 Å². The van der Waals surface area contributed by atoms with Gasteiger partial charge in [0, 0.05) is 18.3 Å². The van der Waals surface area contributed by atoms with Gasteiger partial charge in [-0.05, 0) is 42.3 Å². The van der Waals surface area contributed by atoms with Gasteiger partial charge in [0.05, 0.1) is 0 Å². The SMILES string of the molecule is Cc1cc(F)cc(C(=O)Nc2ccc(CN)cn2)c1. The molecule has 0 bridgehead atoms. The van der Waals surface area contributed by atoms with E-state index < -0.39 is 11.7 Å². The van der Waals surface area contributed by atoms with Crippen LogP contribution >= 0.6 is 0 Å². The van der Waals surface area contributed by atoms with Gasteiger partial charge in [0.25, 0.3) is 5.91 Å². The first-order valence-corrected chi connectivity index (χ1v) is 5.82. The Hall–Kier alpha value is -2.27. The summed E-state index contributed by atoms with van der Waals surface area (Å²) in [6.45, 7) is 2.12.